The molecule has 0 spiro atoms. The van der Waals surface area contributed by atoms with Gasteiger partial charge >= 0.3 is 0 Å². The van der Waals surface area contributed by atoms with E-state index in [1.807, 2.05) is 0 Å². The van der Waals surface area contributed by atoms with Gasteiger partial charge in [-0.1, -0.05) is 0 Å². The monoisotopic (exact) mass is 249 g/mol. The number of hydrogen-bond acceptors (Lipinski definition) is 4. The van der Waals surface area contributed by atoms with Crippen LogP contribution in [0.5, 0.6) is 5.75 Å². The number of ketones is 1. The maximum atomic E-state index is 13.7. The summed E-state index contributed by atoms with van der Waals surface area (Å²) in [5.41, 5.74) is 5.31. The number of nitrogens with two attached hydrogens (primary N) is 1. The first-order chi connectivity index (χ1) is 8.65. The second-order valence-corrected chi connectivity index (χ2v) is 3.64. The molecule has 18 heavy (non-hydrogen) atoms. The third kappa shape index (κ3) is 2.26. The highest BCUT2D eigenvalue weighted by Gasteiger charge is 2.17. The van der Waals surface area contributed by atoms with Crippen molar-refractivity contribution in [2.24, 2.45) is 5.73 Å². The number of halogens is 1. The van der Waals surface area contributed by atoms with Crippen molar-refractivity contribution in [2.75, 3.05) is 7.11 Å². The standard InChI is InChI=1S/C13H12FNO3/c1-17-8-2-4-10(11(14)6-8)13(16)12-5-3-9(7-15)18-12/h2-6H,7,15H2,1H3. The van der Waals surface area contributed by atoms with Crippen molar-refractivity contribution in [1.82, 2.24) is 0 Å². The zero-order chi connectivity index (χ0) is 13.1. The van der Waals surface area contributed by atoms with Crippen molar-refractivity contribution < 1.29 is 18.3 Å². The van der Waals surface area contributed by atoms with Crippen LogP contribution in [0.1, 0.15) is 21.9 Å². The molecule has 2 rings (SSSR count). The van der Waals surface area contributed by atoms with Crippen LogP contribution in [0.4, 0.5) is 4.39 Å². The van der Waals surface area contributed by atoms with Crippen LogP contribution in [-0.4, -0.2) is 12.9 Å². The third-order valence-electron chi connectivity index (χ3n) is 2.51. The summed E-state index contributed by atoms with van der Waals surface area (Å²) in [6, 6.07) is 7.10. The van der Waals surface area contributed by atoms with Gasteiger partial charge in [-0.2, -0.15) is 0 Å². The summed E-state index contributed by atoms with van der Waals surface area (Å²) in [5.74, 6) is -0.266. The van der Waals surface area contributed by atoms with Crippen LogP contribution < -0.4 is 10.5 Å². The Bertz CT molecular complexity index is 577. The predicted molar refractivity (Wildman–Crippen MR) is 63.0 cm³/mol. The quantitative estimate of drug-likeness (QED) is 0.843. The predicted octanol–water partition coefficient (Wildman–Crippen LogP) is 2.12. The molecule has 2 N–H and O–H groups in total. The van der Waals surface area contributed by atoms with Gasteiger partial charge in [-0.25, -0.2) is 4.39 Å². The van der Waals surface area contributed by atoms with E-state index in [2.05, 4.69) is 0 Å². The van der Waals surface area contributed by atoms with E-state index in [4.69, 9.17) is 14.9 Å². The molecule has 0 unspecified atom stereocenters. The molecule has 0 radical (unpaired) electrons. The van der Waals surface area contributed by atoms with Gasteiger partial charge in [-0.05, 0) is 24.3 Å². The maximum Gasteiger partial charge on any atom is 0.231 e. The second-order valence-electron chi connectivity index (χ2n) is 3.64. The Morgan fingerprint density at radius 3 is 2.72 bits per heavy atom. The number of benzene rings is 1. The molecule has 0 aliphatic carbocycles. The van der Waals surface area contributed by atoms with E-state index >= 15 is 0 Å². The fraction of sp³-hybridized carbons (Fsp3) is 0.154. The van der Waals surface area contributed by atoms with Crippen molar-refractivity contribution in [2.45, 2.75) is 6.54 Å². The van der Waals surface area contributed by atoms with E-state index in [-0.39, 0.29) is 17.9 Å². The molecule has 94 valence electrons. The summed E-state index contributed by atoms with van der Waals surface area (Å²) < 4.78 is 23.7. The van der Waals surface area contributed by atoms with Gasteiger partial charge in [0.2, 0.25) is 5.78 Å². The largest absolute Gasteiger partial charge is 0.497 e. The molecular weight excluding hydrogens is 237 g/mol. The second kappa shape index (κ2) is 5.01. The summed E-state index contributed by atoms with van der Waals surface area (Å²) in [6.45, 7) is 0.193. The molecule has 0 aliphatic rings. The van der Waals surface area contributed by atoms with E-state index < -0.39 is 11.6 Å². The first kappa shape index (κ1) is 12.3. The molecule has 2 aromatic rings. The van der Waals surface area contributed by atoms with E-state index in [0.29, 0.717) is 11.5 Å². The van der Waals surface area contributed by atoms with E-state index in [1.54, 1.807) is 6.07 Å². The highest BCUT2D eigenvalue weighted by atomic mass is 19.1. The van der Waals surface area contributed by atoms with Gasteiger partial charge in [0, 0.05) is 6.07 Å². The van der Waals surface area contributed by atoms with Crippen molar-refractivity contribution in [3.8, 4) is 5.75 Å². The maximum absolute atomic E-state index is 13.7. The first-order valence-electron chi connectivity index (χ1n) is 5.32. The lowest BCUT2D eigenvalue weighted by Gasteiger charge is -2.03. The SMILES string of the molecule is COc1ccc(C(=O)c2ccc(CN)o2)c(F)c1. The molecule has 0 atom stereocenters. The minimum absolute atomic E-state index is 0.0614. The van der Waals surface area contributed by atoms with Crippen LogP contribution in [-0.2, 0) is 6.54 Å². The van der Waals surface area contributed by atoms with Crippen LogP contribution in [0.25, 0.3) is 0 Å². The molecule has 1 aromatic carbocycles. The van der Waals surface area contributed by atoms with Gasteiger partial charge in [-0.15, -0.1) is 0 Å². The highest BCUT2D eigenvalue weighted by molar-refractivity contribution is 6.07. The lowest BCUT2D eigenvalue weighted by atomic mass is 10.1. The van der Waals surface area contributed by atoms with Crippen molar-refractivity contribution in [3.63, 3.8) is 0 Å². The van der Waals surface area contributed by atoms with Gasteiger partial charge < -0.3 is 14.9 Å². The molecule has 0 bridgehead atoms. The Balaban J connectivity index is 2.33. The average molecular weight is 249 g/mol. The molecule has 0 fully saturated rings. The Morgan fingerprint density at radius 1 is 1.39 bits per heavy atom. The number of furan rings is 1. The lowest BCUT2D eigenvalue weighted by Crippen LogP contribution is -2.03. The van der Waals surface area contributed by atoms with Crippen molar-refractivity contribution in [3.05, 3.63) is 53.2 Å². The normalized spacial score (nSPS) is 10.4. The lowest BCUT2D eigenvalue weighted by molar-refractivity contribution is 0.100. The molecule has 0 aliphatic heterocycles. The molecule has 1 heterocycles. The summed E-state index contributed by atoms with van der Waals surface area (Å²) >= 11 is 0. The van der Waals surface area contributed by atoms with E-state index in [1.165, 1.54) is 25.3 Å². The number of carbonyl (C=O) groups excluding carboxylic acids is 1. The van der Waals surface area contributed by atoms with E-state index in [9.17, 15) is 9.18 Å². The molecular formula is C13H12FNO3. The number of ether oxygens (including phenoxy) is 1. The molecule has 0 amide bonds. The van der Waals surface area contributed by atoms with Crippen LogP contribution in [0.2, 0.25) is 0 Å². The molecule has 0 saturated carbocycles. The Labute approximate surface area is 103 Å². The molecule has 0 saturated heterocycles. The van der Waals surface area contributed by atoms with Crippen LogP contribution in [0, 0.1) is 5.82 Å². The topological polar surface area (TPSA) is 65.5 Å². The summed E-state index contributed by atoms with van der Waals surface area (Å²) in [5, 5.41) is 0. The van der Waals surface area contributed by atoms with Gasteiger partial charge in [0.05, 0.1) is 19.2 Å². The van der Waals surface area contributed by atoms with Gasteiger partial charge in [0.25, 0.3) is 0 Å². The van der Waals surface area contributed by atoms with Gasteiger partial charge in [-0.3, -0.25) is 4.79 Å². The number of rotatable bonds is 4. The summed E-state index contributed by atoms with van der Waals surface area (Å²) in [4.78, 5) is 12.0. The minimum atomic E-state index is -0.648. The smallest absolute Gasteiger partial charge is 0.231 e. The Kier molecular flexibility index (Phi) is 3.43. The summed E-state index contributed by atoms with van der Waals surface area (Å²) in [6.07, 6.45) is 0. The molecule has 5 heteroatoms. The number of hydrogen-bond donors (Lipinski definition) is 1. The third-order valence-corrected chi connectivity index (χ3v) is 2.51. The van der Waals surface area contributed by atoms with Gasteiger partial charge in [0.1, 0.15) is 17.3 Å². The van der Waals surface area contributed by atoms with E-state index in [0.717, 1.165) is 6.07 Å². The Morgan fingerprint density at radius 2 is 2.17 bits per heavy atom. The zero-order valence-corrected chi connectivity index (χ0v) is 9.77. The fourth-order valence-electron chi connectivity index (χ4n) is 1.55. The van der Waals surface area contributed by atoms with Crippen LogP contribution in [0.3, 0.4) is 0 Å². The zero-order valence-electron chi connectivity index (χ0n) is 9.77. The fourth-order valence-corrected chi connectivity index (χ4v) is 1.55. The summed E-state index contributed by atoms with van der Waals surface area (Å²) in [7, 11) is 1.43. The first-order valence-corrected chi connectivity index (χ1v) is 5.32. The van der Waals surface area contributed by atoms with Crippen LogP contribution in [0.15, 0.2) is 34.7 Å². The minimum Gasteiger partial charge on any atom is -0.497 e. The van der Waals surface area contributed by atoms with Crippen molar-refractivity contribution in [1.29, 1.82) is 0 Å². The number of carbonyl (C=O) groups is 1. The van der Waals surface area contributed by atoms with Crippen molar-refractivity contribution >= 4 is 5.78 Å². The molecule has 4 nitrogen and oxygen atoms in total. The van der Waals surface area contributed by atoms with Crippen LogP contribution >= 0.6 is 0 Å². The number of methoxy groups -OCH3 is 1. The Hall–Kier alpha value is -2.14. The average Bonchev–Trinajstić information content (AvgIpc) is 2.86. The molecule has 1 aromatic heterocycles. The van der Waals surface area contributed by atoms with Gasteiger partial charge in [0.15, 0.2) is 5.76 Å². The highest BCUT2D eigenvalue weighted by Crippen LogP contribution is 2.20.